The Kier molecular flexibility index (Phi) is 45.0. The van der Waals surface area contributed by atoms with E-state index in [1.807, 2.05) is 0 Å². The van der Waals surface area contributed by atoms with Crippen LogP contribution in [-0.2, 0) is 28.6 Å². The van der Waals surface area contributed by atoms with E-state index in [4.69, 9.17) is 14.2 Å². The lowest BCUT2D eigenvalue weighted by molar-refractivity contribution is -0.167. The quantitative estimate of drug-likeness (QED) is 0.0264. The third kappa shape index (κ3) is 45.8. The average Bonchev–Trinajstić information content (AvgIpc) is 3.23. The van der Waals surface area contributed by atoms with Gasteiger partial charge in [0.05, 0.1) is 0 Å². The highest BCUT2D eigenvalue weighted by atomic mass is 16.6. The Morgan fingerprint density at radius 1 is 0.356 bits per heavy atom. The third-order valence-electron chi connectivity index (χ3n) is 10.2. The first-order valence-corrected chi connectivity index (χ1v) is 24.4. The van der Waals surface area contributed by atoms with Crippen molar-refractivity contribution in [2.24, 2.45) is 0 Å². The molecule has 0 aromatic heterocycles. The zero-order valence-electron chi connectivity index (χ0n) is 38.5. The highest BCUT2D eigenvalue weighted by Crippen LogP contribution is 2.14. The second kappa shape index (κ2) is 47.5. The summed E-state index contributed by atoms with van der Waals surface area (Å²) in [5, 5.41) is 0. The van der Waals surface area contributed by atoms with Gasteiger partial charge in [0, 0.05) is 19.3 Å². The first kappa shape index (κ1) is 55.9. The van der Waals surface area contributed by atoms with Crippen molar-refractivity contribution in [3.63, 3.8) is 0 Å². The molecule has 0 rings (SSSR count). The zero-order chi connectivity index (χ0) is 43.0. The van der Waals surface area contributed by atoms with Crippen LogP contribution in [0.15, 0.2) is 72.9 Å². The molecule has 0 radical (unpaired) electrons. The second-order valence-corrected chi connectivity index (χ2v) is 16.0. The number of unbranched alkanes of at least 4 members (excludes halogenated alkanes) is 20. The van der Waals surface area contributed by atoms with Crippen LogP contribution in [0.2, 0.25) is 0 Å². The number of hydrogen-bond acceptors (Lipinski definition) is 6. The molecule has 0 N–H and O–H groups in total. The molecule has 0 saturated carbocycles. The number of esters is 3. The molecule has 0 saturated heterocycles. The Morgan fingerprint density at radius 2 is 0.661 bits per heavy atom. The standard InChI is InChI=1S/C53H90O6/c1-4-7-10-13-16-19-22-25-27-29-31-34-37-40-43-46-52(55)58-49-50(48-57-51(54)45-42-39-36-33-30-24-21-18-15-12-9-6-3)59-53(56)47-44-41-38-35-32-28-26-23-20-17-14-11-8-5-2/h8-9,11-12,17-22,30,33,50H,4-7,10,13-16,23-29,31-32,34-49H2,1-3H3/b11-8-,12-9-,20-17-,21-18-,22-19-,33-30-. The number of rotatable bonds is 43. The van der Waals surface area contributed by atoms with Crippen LogP contribution in [-0.4, -0.2) is 37.2 Å². The molecular formula is C53H90O6. The van der Waals surface area contributed by atoms with Gasteiger partial charge in [0.25, 0.3) is 0 Å². The van der Waals surface area contributed by atoms with Gasteiger partial charge >= 0.3 is 17.9 Å². The minimum atomic E-state index is -0.795. The van der Waals surface area contributed by atoms with Gasteiger partial charge in [-0.25, -0.2) is 0 Å². The molecule has 0 amide bonds. The van der Waals surface area contributed by atoms with Gasteiger partial charge in [-0.15, -0.1) is 0 Å². The summed E-state index contributed by atoms with van der Waals surface area (Å²) in [5.41, 5.74) is 0. The van der Waals surface area contributed by atoms with Gasteiger partial charge in [-0.3, -0.25) is 14.4 Å². The van der Waals surface area contributed by atoms with Crippen molar-refractivity contribution in [3.8, 4) is 0 Å². The fraction of sp³-hybridized carbons (Fsp3) is 0.717. The molecule has 0 heterocycles. The molecule has 6 heteroatoms. The lowest BCUT2D eigenvalue weighted by Gasteiger charge is -2.18. The monoisotopic (exact) mass is 823 g/mol. The Morgan fingerprint density at radius 3 is 1.08 bits per heavy atom. The normalized spacial score (nSPS) is 12.7. The minimum Gasteiger partial charge on any atom is -0.462 e. The summed E-state index contributed by atoms with van der Waals surface area (Å²) < 4.78 is 16.7. The van der Waals surface area contributed by atoms with Crippen LogP contribution in [0.4, 0.5) is 0 Å². The lowest BCUT2D eigenvalue weighted by atomic mass is 10.1. The Hall–Kier alpha value is -3.15. The maximum absolute atomic E-state index is 12.8. The fourth-order valence-electron chi connectivity index (χ4n) is 6.55. The predicted molar refractivity (Wildman–Crippen MR) is 251 cm³/mol. The highest BCUT2D eigenvalue weighted by molar-refractivity contribution is 5.71. The van der Waals surface area contributed by atoms with E-state index in [0.717, 1.165) is 96.3 Å². The van der Waals surface area contributed by atoms with Crippen molar-refractivity contribution >= 4 is 17.9 Å². The molecule has 338 valence electrons. The Labute approximate surface area is 363 Å². The number of carbonyl (C=O) groups is 3. The molecule has 0 aliphatic rings. The summed E-state index contributed by atoms with van der Waals surface area (Å²) >= 11 is 0. The van der Waals surface area contributed by atoms with E-state index < -0.39 is 6.10 Å². The Bertz CT molecular complexity index is 1130. The second-order valence-electron chi connectivity index (χ2n) is 16.0. The molecule has 0 fully saturated rings. The van der Waals surface area contributed by atoms with Crippen LogP contribution in [0.5, 0.6) is 0 Å². The van der Waals surface area contributed by atoms with Crippen molar-refractivity contribution in [2.75, 3.05) is 13.2 Å². The highest BCUT2D eigenvalue weighted by Gasteiger charge is 2.19. The van der Waals surface area contributed by atoms with Crippen LogP contribution in [0.1, 0.15) is 226 Å². The smallest absolute Gasteiger partial charge is 0.306 e. The van der Waals surface area contributed by atoms with Gasteiger partial charge < -0.3 is 14.2 Å². The minimum absolute atomic E-state index is 0.0935. The van der Waals surface area contributed by atoms with Crippen molar-refractivity contribution in [3.05, 3.63) is 72.9 Å². The average molecular weight is 823 g/mol. The number of ether oxygens (including phenoxy) is 3. The Balaban J connectivity index is 4.44. The van der Waals surface area contributed by atoms with Crippen molar-refractivity contribution in [1.82, 2.24) is 0 Å². The van der Waals surface area contributed by atoms with E-state index in [1.165, 1.54) is 89.9 Å². The molecule has 0 spiro atoms. The fourth-order valence-corrected chi connectivity index (χ4v) is 6.55. The zero-order valence-corrected chi connectivity index (χ0v) is 38.5. The van der Waals surface area contributed by atoms with Gasteiger partial charge in [-0.05, 0) is 103 Å². The van der Waals surface area contributed by atoms with Gasteiger partial charge in [0.1, 0.15) is 13.2 Å². The van der Waals surface area contributed by atoms with Crippen LogP contribution in [0, 0.1) is 0 Å². The van der Waals surface area contributed by atoms with E-state index in [9.17, 15) is 14.4 Å². The molecule has 6 nitrogen and oxygen atoms in total. The number of carbonyl (C=O) groups excluding carboxylic acids is 3. The molecule has 59 heavy (non-hydrogen) atoms. The predicted octanol–water partition coefficient (Wildman–Crippen LogP) is 15.9. The molecular weight excluding hydrogens is 733 g/mol. The van der Waals surface area contributed by atoms with Gasteiger partial charge in [0.2, 0.25) is 0 Å². The first-order chi connectivity index (χ1) is 29.0. The molecule has 1 atom stereocenters. The first-order valence-electron chi connectivity index (χ1n) is 24.4. The third-order valence-corrected chi connectivity index (χ3v) is 10.2. The van der Waals surface area contributed by atoms with E-state index in [1.54, 1.807) is 0 Å². The summed E-state index contributed by atoms with van der Waals surface area (Å²) in [6.45, 7) is 6.35. The lowest BCUT2D eigenvalue weighted by Crippen LogP contribution is -2.30. The van der Waals surface area contributed by atoms with Crippen LogP contribution in [0.25, 0.3) is 0 Å². The van der Waals surface area contributed by atoms with Gasteiger partial charge in [-0.1, -0.05) is 177 Å². The van der Waals surface area contributed by atoms with Gasteiger partial charge in [-0.2, -0.15) is 0 Å². The molecule has 0 aliphatic carbocycles. The van der Waals surface area contributed by atoms with Gasteiger partial charge in [0.15, 0.2) is 6.10 Å². The van der Waals surface area contributed by atoms with E-state index in [-0.39, 0.29) is 31.1 Å². The largest absolute Gasteiger partial charge is 0.462 e. The maximum Gasteiger partial charge on any atom is 0.306 e. The number of hydrogen-bond donors (Lipinski definition) is 0. The molecule has 0 bridgehead atoms. The van der Waals surface area contributed by atoms with Crippen molar-refractivity contribution < 1.29 is 28.6 Å². The van der Waals surface area contributed by atoms with Crippen LogP contribution < -0.4 is 0 Å². The molecule has 0 aromatic carbocycles. The van der Waals surface area contributed by atoms with E-state index in [0.29, 0.717) is 19.3 Å². The van der Waals surface area contributed by atoms with Crippen molar-refractivity contribution in [2.45, 2.75) is 232 Å². The summed E-state index contributed by atoms with van der Waals surface area (Å²) in [4.78, 5) is 37.9. The van der Waals surface area contributed by atoms with Crippen molar-refractivity contribution in [1.29, 1.82) is 0 Å². The van der Waals surface area contributed by atoms with E-state index >= 15 is 0 Å². The van der Waals surface area contributed by atoms with E-state index in [2.05, 4.69) is 93.7 Å². The topological polar surface area (TPSA) is 78.9 Å². The summed E-state index contributed by atoms with van der Waals surface area (Å²) in [6.07, 6.45) is 58.9. The molecule has 1 unspecified atom stereocenters. The summed E-state index contributed by atoms with van der Waals surface area (Å²) in [6, 6.07) is 0. The SMILES string of the molecule is CC/C=C\C/C=C\C/C=C\CCCCC(=O)OCC(COC(=O)CCCCCCCCC/C=C\CCCCCC)OC(=O)CCCCCCCCC/C=C\C/C=C\CC. The number of allylic oxidation sites excluding steroid dienone is 12. The van der Waals surface area contributed by atoms with Crippen LogP contribution in [0.3, 0.4) is 0 Å². The maximum atomic E-state index is 12.8. The molecule has 0 aliphatic heterocycles. The molecule has 0 aromatic rings. The summed E-state index contributed by atoms with van der Waals surface area (Å²) in [5.74, 6) is -0.949. The van der Waals surface area contributed by atoms with Crippen LogP contribution >= 0.6 is 0 Å². The summed E-state index contributed by atoms with van der Waals surface area (Å²) in [7, 11) is 0.